The van der Waals surface area contributed by atoms with Gasteiger partial charge in [-0.15, -0.1) is 0 Å². The van der Waals surface area contributed by atoms with E-state index in [1.165, 1.54) is 24.1 Å². The van der Waals surface area contributed by atoms with Crippen molar-refractivity contribution in [3.8, 4) is 11.5 Å². The zero-order valence-corrected chi connectivity index (χ0v) is 24.2. The lowest BCUT2D eigenvalue weighted by molar-refractivity contribution is -0.140. The number of amides is 2. The van der Waals surface area contributed by atoms with E-state index in [9.17, 15) is 18.0 Å². The normalized spacial score (nSPS) is 11.8. The third-order valence-corrected chi connectivity index (χ3v) is 8.18. The average Bonchev–Trinajstić information content (AvgIpc) is 2.98. The maximum absolute atomic E-state index is 14.0. The molecular formula is C30H37N3O6S. The number of methoxy groups -OCH3 is 2. The van der Waals surface area contributed by atoms with E-state index in [1.54, 1.807) is 67.8 Å². The number of carbonyl (C=O) groups is 2. The summed E-state index contributed by atoms with van der Waals surface area (Å²) in [4.78, 5) is 28.6. The van der Waals surface area contributed by atoms with Gasteiger partial charge in [-0.3, -0.25) is 13.9 Å². The molecule has 0 saturated heterocycles. The highest BCUT2D eigenvalue weighted by atomic mass is 32.2. The number of sulfonamides is 1. The van der Waals surface area contributed by atoms with Gasteiger partial charge in [0.2, 0.25) is 11.8 Å². The zero-order chi connectivity index (χ0) is 29.1. The number of anilines is 1. The summed E-state index contributed by atoms with van der Waals surface area (Å²) in [5.41, 5.74) is 1.08. The second-order valence-electron chi connectivity index (χ2n) is 9.11. The second kappa shape index (κ2) is 14.4. The van der Waals surface area contributed by atoms with Crippen LogP contribution in [0.5, 0.6) is 11.5 Å². The van der Waals surface area contributed by atoms with Crippen LogP contribution in [0.15, 0.2) is 83.8 Å². The Morgan fingerprint density at radius 2 is 1.55 bits per heavy atom. The quantitative estimate of drug-likeness (QED) is 0.313. The maximum Gasteiger partial charge on any atom is 0.264 e. The van der Waals surface area contributed by atoms with Gasteiger partial charge >= 0.3 is 0 Å². The molecule has 0 aliphatic heterocycles. The molecule has 0 saturated carbocycles. The standard InChI is InChI=1S/C30H37N3O6S/c1-5-19-31-30(35)28(6-2)32(21-23-11-10-14-26(20-23)39-4)29(34)22-33(24-12-8-7-9-13-24)40(36,37)27-17-15-25(38-3)16-18-27/h7-18,20,28H,5-6,19,21-22H2,1-4H3,(H,31,35). The number of benzene rings is 3. The molecule has 9 nitrogen and oxygen atoms in total. The van der Waals surface area contributed by atoms with Crippen molar-refractivity contribution in [2.24, 2.45) is 0 Å². The SMILES string of the molecule is CCCNC(=O)C(CC)N(Cc1cccc(OC)c1)C(=O)CN(c1ccccc1)S(=O)(=O)c1ccc(OC)cc1. The van der Waals surface area contributed by atoms with Gasteiger partial charge in [-0.2, -0.15) is 0 Å². The fraction of sp³-hybridized carbons (Fsp3) is 0.333. The first-order chi connectivity index (χ1) is 19.2. The second-order valence-corrected chi connectivity index (χ2v) is 11.0. The summed E-state index contributed by atoms with van der Waals surface area (Å²) in [7, 11) is -1.10. The number of nitrogens with one attached hydrogen (secondary N) is 1. The van der Waals surface area contributed by atoms with Crippen LogP contribution in [0.1, 0.15) is 32.3 Å². The highest BCUT2D eigenvalue weighted by Gasteiger charge is 2.33. The van der Waals surface area contributed by atoms with Crippen molar-refractivity contribution in [2.45, 2.75) is 44.2 Å². The summed E-state index contributed by atoms with van der Waals surface area (Å²) < 4.78 is 39.3. The summed E-state index contributed by atoms with van der Waals surface area (Å²) in [6, 6.07) is 20.9. The van der Waals surface area contributed by atoms with Gasteiger partial charge in [0, 0.05) is 13.1 Å². The maximum atomic E-state index is 14.0. The number of hydrogen-bond acceptors (Lipinski definition) is 6. The lowest BCUT2D eigenvalue weighted by atomic mass is 10.1. The average molecular weight is 568 g/mol. The fourth-order valence-electron chi connectivity index (χ4n) is 4.25. The lowest BCUT2D eigenvalue weighted by Gasteiger charge is -2.33. The Kier molecular flexibility index (Phi) is 11.0. The van der Waals surface area contributed by atoms with Crippen LogP contribution < -0.4 is 19.1 Å². The largest absolute Gasteiger partial charge is 0.497 e. The van der Waals surface area contributed by atoms with E-state index in [2.05, 4.69) is 5.32 Å². The van der Waals surface area contributed by atoms with E-state index >= 15 is 0 Å². The third-order valence-electron chi connectivity index (χ3n) is 6.39. The Labute approximate surface area is 236 Å². The van der Waals surface area contributed by atoms with Crippen molar-refractivity contribution in [1.29, 1.82) is 0 Å². The minimum Gasteiger partial charge on any atom is -0.497 e. The highest BCUT2D eigenvalue weighted by Crippen LogP contribution is 2.26. The third kappa shape index (κ3) is 7.53. The summed E-state index contributed by atoms with van der Waals surface area (Å²) in [6.07, 6.45) is 1.09. The Bertz CT molecular complexity index is 1360. The van der Waals surface area contributed by atoms with Gasteiger partial charge in [-0.25, -0.2) is 8.42 Å². The van der Waals surface area contributed by atoms with Gasteiger partial charge in [-0.05, 0) is 66.9 Å². The van der Waals surface area contributed by atoms with Gasteiger partial charge in [0.05, 0.1) is 24.8 Å². The van der Waals surface area contributed by atoms with Crippen LogP contribution >= 0.6 is 0 Å². The number of nitrogens with zero attached hydrogens (tertiary/aromatic N) is 2. The molecule has 3 aromatic rings. The van der Waals surface area contributed by atoms with Gasteiger partial charge in [0.25, 0.3) is 10.0 Å². The molecule has 0 fully saturated rings. The smallest absolute Gasteiger partial charge is 0.264 e. The van der Waals surface area contributed by atoms with Crippen molar-refractivity contribution in [1.82, 2.24) is 10.2 Å². The molecule has 3 rings (SSSR count). The Morgan fingerprint density at radius 3 is 2.15 bits per heavy atom. The fourth-order valence-corrected chi connectivity index (χ4v) is 5.67. The molecule has 0 radical (unpaired) electrons. The Hall–Kier alpha value is -4.05. The van der Waals surface area contributed by atoms with Crippen molar-refractivity contribution in [2.75, 3.05) is 31.6 Å². The molecule has 10 heteroatoms. The molecule has 0 heterocycles. The molecule has 0 aliphatic carbocycles. The number of para-hydroxylation sites is 1. The van der Waals surface area contributed by atoms with E-state index in [1.807, 2.05) is 19.9 Å². The van der Waals surface area contributed by atoms with Crippen LogP contribution in [-0.4, -0.2) is 58.5 Å². The molecule has 214 valence electrons. The predicted molar refractivity (Wildman–Crippen MR) is 155 cm³/mol. The van der Waals surface area contributed by atoms with Gasteiger partial charge < -0.3 is 19.7 Å². The molecule has 2 amide bonds. The lowest BCUT2D eigenvalue weighted by Crippen LogP contribution is -2.52. The van der Waals surface area contributed by atoms with Crippen LogP contribution in [-0.2, 0) is 26.2 Å². The molecule has 0 bridgehead atoms. The van der Waals surface area contributed by atoms with E-state index in [-0.39, 0.29) is 17.3 Å². The van der Waals surface area contributed by atoms with Crippen molar-refractivity contribution in [3.63, 3.8) is 0 Å². The predicted octanol–water partition coefficient (Wildman–Crippen LogP) is 4.23. The summed E-state index contributed by atoms with van der Waals surface area (Å²) in [6.45, 7) is 3.84. The molecule has 1 N–H and O–H groups in total. The van der Waals surface area contributed by atoms with Gasteiger partial charge in [-0.1, -0.05) is 44.2 Å². The topological polar surface area (TPSA) is 105 Å². The number of carbonyl (C=O) groups excluding carboxylic acids is 2. The molecule has 0 aliphatic rings. The molecular weight excluding hydrogens is 530 g/mol. The highest BCUT2D eigenvalue weighted by molar-refractivity contribution is 7.92. The number of rotatable bonds is 14. The number of hydrogen-bond donors (Lipinski definition) is 1. The zero-order valence-electron chi connectivity index (χ0n) is 23.4. The minimum absolute atomic E-state index is 0.0111. The van der Waals surface area contributed by atoms with E-state index < -0.39 is 28.5 Å². The van der Waals surface area contributed by atoms with Crippen LogP contribution in [0.4, 0.5) is 5.69 Å². The Morgan fingerprint density at radius 1 is 0.875 bits per heavy atom. The van der Waals surface area contributed by atoms with Crippen molar-refractivity contribution in [3.05, 3.63) is 84.4 Å². The van der Waals surface area contributed by atoms with Crippen molar-refractivity contribution >= 4 is 27.5 Å². The summed E-state index contributed by atoms with van der Waals surface area (Å²) in [5, 5.41) is 2.88. The van der Waals surface area contributed by atoms with Crippen LogP contribution in [0.2, 0.25) is 0 Å². The van der Waals surface area contributed by atoms with Gasteiger partial charge in [0.1, 0.15) is 24.1 Å². The minimum atomic E-state index is -4.15. The molecule has 3 aromatic carbocycles. The molecule has 40 heavy (non-hydrogen) atoms. The van der Waals surface area contributed by atoms with Gasteiger partial charge in [0.15, 0.2) is 0 Å². The molecule has 1 unspecified atom stereocenters. The number of ether oxygens (including phenoxy) is 2. The summed E-state index contributed by atoms with van der Waals surface area (Å²) in [5.74, 6) is 0.322. The first kappa shape index (κ1) is 30.5. The molecule has 0 aromatic heterocycles. The molecule has 0 spiro atoms. The van der Waals surface area contributed by atoms with E-state index in [0.717, 1.165) is 16.3 Å². The van der Waals surface area contributed by atoms with E-state index in [0.29, 0.717) is 30.2 Å². The Balaban J connectivity index is 2.03. The van der Waals surface area contributed by atoms with Crippen LogP contribution in [0, 0.1) is 0 Å². The first-order valence-corrected chi connectivity index (χ1v) is 14.6. The van der Waals surface area contributed by atoms with Crippen LogP contribution in [0.3, 0.4) is 0 Å². The van der Waals surface area contributed by atoms with Crippen LogP contribution in [0.25, 0.3) is 0 Å². The first-order valence-electron chi connectivity index (χ1n) is 13.2. The van der Waals surface area contributed by atoms with E-state index in [4.69, 9.17) is 9.47 Å². The van der Waals surface area contributed by atoms with Crippen molar-refractivity contribution < 1.29 is 27.5 Å². The summed E-state index contributed by atoms with van der Waals surface area (Å²) >= 11 is 0. The molecule has 1 atom stereocenters. The monoisotopic (exact) mass is 567 g/mol.